The van der Waals surface area contributed by atoms with Crippen LogP contribution in [-0.2, 0) is 11.2 Å². The summed E-state index contributed by atoms with van der Waals surface area (Å²) in [4.78, 5) is 14.3. The quantitative estimate of drug-likeness (QED) is 0.803. The summed E-state index contributed by atoms with van der Waals surface area (Å²) in [6.45, 7) is 10.8. The van der Waals surface area contributed by atoms with Gasteiger partial charge < -0.3 is 15.0 Å². The van der Waals surface area contributed by atoms with Crippen molar-refractivity contribution < 1.29 is 9.53 Å². The number of rotatable bonds is 5. The zero-order valence-corrected chi connectivity index (χ0v) is 18.6. The predicted molar refractivity (Wildman–Crippen MR) is 120 cm³/mol. The third-order valence-corrected chi connectivity index (χ3v) is 6.24. The number of aromatic nitrogens is 2. The number of benzene rings is 1. The van der Waals surface area contributed by atoms with E-state index in [0.717, 1.165) is 66.9 Å². The van der Waals surface area contributed by atoms with E-state index in [1.54, 1.807) is 6.92 Å². The Kier molecular flexibility index (Phi) is 6.14. The van der Waals surface area contributed by atoms with Gasteiger partial charge in [0.2, 0.25) is 5.91 Å². The molecule has 6 heteroatoms. The molecule has 4 rings (SSSR count). The summed E-state index contributed by atoms with van der Waals surface area (Å²) >= 11 is 0. The van der Waals surface area contributed by atoms with E-state index in [-0.39, 0.29) is 11.9 Å². The van der Waals surface area contributed by atoms with E-state index < -0.39 is 0 Å². The van der Waals surface area contributed by atoms with Crippen molar-refractivity contribution in [3.05, 3.63) is 30.1 Å². The summed E-state index contributed by atoms with van der Waals surface area (Å²) in [7, 11) is 0. The van der Waals surface area contributed by atoms with Crippen molar-refractivity contribution in [3.8, 4) is 16.9 Å². The molecule has 2 aromatic rings. The Balaban J connectivity index is 1.74. The molecule has 1 saturated heterocycles. The maximum atomic E-state index is 12.3. The van der Waals surface area contributed by atoms with Gasteiger partial charge in [0, 0.05) is 35.9 Å². The van der Waals surface area contributed by atoms with Crippen molar-refractivity contribution in [2.45, 2.75) is 65.5 Å². The predicted octanol–water partition coefficient (Wildman–Crippen LogP) is 4.20. The first-order valence-electron chi connectivity index (χ1n) is 11.3. The standard InChI is InChI=1S/C24H34N4O2/c1-16(2)15-30-24-21(19-13-26-27(14-19)20-9-11-25-12-10-20)7-8-23-22(24)6-5-17(3)28(23)18(4)29/h7-8,13-14,16-17,20,25H,5-6,9-12,15H2,1-4H3/t17-/m0/s1. The Morgan fingerprint density at radius 3 is 2.73 bits per heavy atom. The third-order valence-electron chi connectivity index (χ3n) is 6.24. The van der Waals surface area contributed by atoms with Crippen LogP contribution in [0.5, 0.6) is 5.75 Å². The van der Waals surface area contributed by atoms with Gasteiger partial charge in [-0.25, -0.2) is 0 Å². The van der Waals surface area contributed by atoms with Gasteiger partial charge in [0.05, 0.1) is 24.5 Å². The highest BCUT2D eigenvalue weighted by atomic mass is 16.5. The number of amides is 1. The van der Waals surface area contributed by atoms with Crippen molar-refractivity contribution in [2.24, 2.45) is 5.92 Å². The Labute approximate surface area is 179 Å². The minimum atomic E-state index is 0.0877. The van der Waals surface area contributed by atoms with Crippen molar-refractivity contribution in [1.29, 1.82) is 0 Å². The second-order valence-electron chi connectivity index (χ2n) is 9.11. The van der Waals surface area contributed by atoms with Gasteiger partial charge in [-0.3, -0.25) is 9.48 Å². The van der Waals surface area contributed by atoms with Gasteiger partial charge in [-0.1, -0.05) is 13.8 Å². The van der Waals surface area contributed by atoms with E-state index in [0.29, 0.717) is 18.6 Å². The van der Waals surface area contributed by atoms with E-state index in [1.165, 1.54) is 0 Å². The molecule has 1 aromatic carbocycles. The number of fused-ring (bicyclic) bond motifs is 1. The second-order valence-corrected chi connectivity index (χ2v) is 9.11. The molecule has 1 atom stereocenters. The third kappa shape index (κ3) is 4.10. The lowest BCUT2D eigenvalue weighted by Crippen LogP contribution is -2.40. The van der Waals surface area contributed by atoms with E-state index in [4.69, 9.17) is 4.74 Å². The molecule has 0 aliphatic carbocycles. The molecule has 162 valence electrons. The molecular formula is C24H34N4O2. The van der Waals surface area contributed by atoms with E-state index in [1.807, 2.05) is 11.1 Å². The molecule has 1 amide bonds. The van der Waals surface area contributed by atoms with Crippen LogP contribution in [0.15, 0.2) is 24.5 Å². The molecule has 0 saturated carbocycles. The normalized spacial score (nSPS) is 19.8. The largest absolute Gasteiger partial charge is 0.492 e. The number of carbonyl (C=O) groups excluding carboxylic acids is 1. The minimum Gasteiger partial charge on any atom is -0.492 e. The van der Waals surface area contributed by atoms with Crippen molar-refractivity contribution >= 4 is 11.6 Å². The highest BCUT2D eigenvalue weighted by Crippen LogP contribution is 2.43. The molecule has 1 N–H and O–H groups in total. The molecule has 30 heavy (non-hydrogen) atoms. The summed E-state index contributed by atoms with van der Waals surface area (Å²) in [5.41, 5.74) is 4.31. The van der Waals surface area contributed by atoms with Gasteiger partial charge in [-0.05, 0) is 63.7 Å². The van der Waals surface area contributed by atoms with Crippen LogP contribution in [0.4, 0.5) is 5.69 Å². The summed E-state index contributed by atoms with van der Waals surface area (Å²) < 4.78 is 8.50. The number of ether oxygens (including phenoxy) is 1. The van der Waals surface area contributed by atoms with Crippen LogP contribution >= 0.6 is 0 Å². The van der Waals surface area contributed by atoms with E-state index in [2.05, 4.69) is 54.2 Å². The van der Waals surface area contributed by atoms with Gasteiger partial charge in [0.15, 0.2) is 0 Å². The Bertz CT molecular complexity index is 899. The van der Waals surface area contributed by atoms with Gasteiger partial charge in [-0.2, -0.15) is 5.10 Å². The van der Waals surface area contributed by atoms with Gasteiger partial charge in [0.25, 0.3) is 0 Å². The fourth-order valence-corrected chi connectivity index (χ4v) is 4.67. The zero-order valence-electron chi connectivity index (χ0n) is 18.6. The lowest BCUT2D eigenvalue weighted by atomic mass is 9.92. The molecule has 3 heterocycles. The van der Waals surface area contributed by atoms with Gasteiger partial charge in [-0.15, -0.1) is 0 Å². The maximum absolute atomic E-state index is 12.3. The fourth-order valence-electron chi connectivity index (χ4n) is 4.67. The lowest BCUT2D eigenvalue weighted by Gasteiger charge is -2.36. The van der Waals surface area contributed by atoms with E-state index in [9.17, 15) is 4.79 Å². The number of carbonyl (C=O) groups is 1. The summed E-state index contributed by atoms with van der Waals surface area (Å²) in [6.07, 6.45) is 8.20. The van der Waals surface area contributed by atoms with Crippen LogP contribution in [-0.4, -0.2) is 41.4 Å². The monoisotopic (exact) mass is 410 g/mol. The minimum absolute atomic E-state index is 0.0877. The zero-order chi connectivity index (χ0) is 21.3. The summed E-state index contributed by atoms with van der Waals surface area (Å²) in [6, 6.07) is 4.85. The molecule has 1 fully saturated rings. The number of nitrogens with zero attached hydrogens (tertiary/aromatic N) is 3. The van der Waals surface area contributed by atoms with Crippen molar-refractivity contribution in [1.82, 2.24) is 15.1 Å². The average molecular weight is 411 g/mol. The molecule has 0 spiro atoms. The highest BCUT2D eigenvalue weighted by molar-refractivity contribution is 5.95. The first kappa shape index (κ1) is 20.9. The Morgan fingerprint density at radius 1 is 1.27 bits per heavy atom. The molecule has 6 nitrogen and oxygen atoms in total. The lowest BCUT2D eigenvalue weighted by molar-refractivity contribution is -0.117. The highest BCUT2D eigenvalue weighted by Gasteiger charge is 2.30. The van der Waals surface area contributed by atoms with Crippen LogP contribution in [0.25, 0.3) is 11.1 Å². The van der Waals surface area contributed by atoms with Crippen molar-refractivity contribution in [3.63, 3.8) is 0 Å². The first-order valence-corrected chi connectivity index (χ1v) is 11.3. The smallest absolute Gasteiger partial charge is 0.224 e. The second kappa shape index (κ2) is 8.80. The van der Waals surface area contributed by atoms with Gasteiger partial charge in [0.1, 0.15) is 5.75 Å². The molecule has 0 radical (unpaired) electrons. The number of anilines is 1. The molecule has 2 aliphatic rings. The summed E-state index contributed by atoms with van der Waals surface area (Å²) in [5.74, 6) is 1.44. The van der Waals surface area contributed by atoms with Crippen LogP contribution in [0.2, 0.25) is 0 Å². The van der Waals surface area contributed by atoms with Crippen LogP contribution in [0.3, 0.4) is 0 Å². The number of hydrogen-bond acceptors (Lipinski definition) is 4. The molecular weight excluding hydrogens is 376 g/mol. The summed E-state index contributed by atoms with van der Waals surface area (Å²) in [5, 5.41) is 8.11. The average Bonchev–Trinajstić information content (AvgIpc) is 3.22. The van der Waals surface area contributed by atoms with Crippen molar-refractivity contribution in [2.75, 3.05) is 24.6 Å². The molecule has 1 aromatic heterocycles. The van der Waals surface area contributed by atoms with Crippen LogP contribution in [0.1, 0.15) is 58.6 Å². The number of piperidine rings is 1. The number of hydrogen-bond donors (Lipinski definition) is 1. The maximum Gasteiger partial charge on any atom is 0.224 e. The molecule has 0 unspecified atom stereocenters. The first-order chi connectivity index (χ1) is 14.5. The number of nitrogens with one attached hydrogen (secondary N) is 1. The molecule has 2 aliphatic heterocycles. The van der Waals surface area contributed by atoms with Crippen LogP contribution in [0, 0.1) is 5.92 Å². The molecule has 0 bridgehead atoms. The Morgan fingerprint density at radius 2 is 2.03 bits per heavy atom. The fraction of sp³-hybridized carbons (Fsp3) is 0.583. The van der Waals surface area contributed by atoms with Crippen LogP contribution < -0.4 is 15.0 Å². The van der Waals surface area contributed by atoms with E-state index >= 15 is 0 Å². The SMILES string of the molecule is CC(=O)N1c2ccc(-c3cnn(C4CCNCC4)c3)c(OCC(C)C)c2CC[C@@H]1C. The Hall–Kier alpha value is -2.34. The topological polar surface area (TPSA) is 59.4 Å². The van der Waals surface area contributed by atoms with Gasteiger partial charge >= 0.3 is 0 Å².